The summed E-state index contributed by atoms with van der Waals surface area (Å²) >= 11 is 0. The van der Waals surface area contributed by atoms with Crippen molar-refractivity contribution >= 4 is 0 Å². The van der Waals surface area contributed by atoms with Crippen molar-refractivity contribution in [3.05, 3.63) is 35.9 Å². The Bertz CT molecular complexity index is 259. The van der Waals surface area contributed by atoms with Crippen LogP contribution < -0.4 is 12.4 Å². The summed E-state index contributed by atoms with van der Waals surface area (Å²) in [5.41, 5.74) is 1.17. The van der Waals surface area contributed by atoms with E-state index in [0.29, 0.717) is 6.54 Å². The number of hydroxylamine groups is 3. The van der Waals surface area contributed by atoms with Crippen molar-refractivity contribution in [3.8, 4) is 0 Å². The van der Waals surface area contributed by atoms with E-state index in [0.717, 1.165) is 0 Å². The number of hydrogen-bond acceptors (Lipinski definition) is 1. The van der Waals surface area contributed by atoms with Crippen LogP contribution in [0.15, 0.2) is 30.3 Å². The van der Waals surface area contributed by atoms with Gasteiger partial charge in [-0.2, -0.15) is 4.65 Å². The van der Waals surface area contributed by atoms with Gasteiger partial charge in [-0.05, 0) is 13.8 Å². The van der Waals surface area contributed by atoms with E-state index in [1.165, 1.54) is 5.56 Å². The summed E-state index contributed by atoms with van der Waals surface area (Å²) in [5.74, 6) is 0. The molecule has 0 bridgehead atoms. The molecule has 14 heavy (non-hydrogen) atoms. The van der Waals surface area contributed by atoms with Crippen LogP contribution in [0.25, 0.3) is 0 Å². The lowest BCUT2D eigenvalue weighted by molar-refractivity contribution is -1.11. The van der Waals surface area contributed by atoms with Crippen LogP contribution in [-0.2, 0) is 6.54 Å². The summed E-state index contributed by atoms with van der Waals surface area (Å²) in [6.07, 6.45) is 0. The fraction of sp³-hybridized carbons (Fsp3) is 0.455. The largest absolute Gasteiger partial charge is 1.00 e. The average molecular weight is 216 g/mol. The first-order chi connectivity index (χ1) is 6.02. The first kappa shape index (κ1) is 13.4. The summed E-state index contributed by atoms with van der Waals surface area (Å²) in [5, 5.41) is 9.98. The van der Waals surface area contributed by atoms with E-state index >= 15 is 0 Å². The van der Waals surface area contributed by atoms with Crippen molar-refractivity contribution in [3.63, 3.8) is 0 Å². The first-order valence-electron chi connectivity index (χ1n) is 4.64. The highest BCUT2D eigenvalue weighted by molar-refractivity contribution is 5.13. The van der Waals surface area contributed by atoms with Crippen molar-refractivity contribution in [2.24, 2.45) is 0 Å². The normalized spacial score (nSPS) is 14.6. The van der Waals surface area contributed by atoms with Crippen molar-refractivity contribution in [1.29, 1.82) is 0 Å². The highest BCUT2D eigenvalue weighted by Crippen LogP contribution is 2.12. The van der Waals surface area contributed by atoms with Crippen molar-refractivity contribution in [1.82, 2.24) is 0 Å². The zero-order valence-corrected chi connectivity index (χ0v) is 9.70. The van der Waals surface area contributed by atoms with E-state index in [-0.39, 0.29) is 23.1 Å². The van der Waals surface area contributed by atoms with Gasteiger partial charge >= 0.3 is 0 Å². The number of rotatable bonds is 3. The molecule has 0 fully saturated rings. The molecule has 0 aliphatic rings. The highest BCUT2D eigenvalue weighted by Gasteiger charge is 2.23. The molecule has 1 unspecified atom stereocenters. The zero-order chi connectivity index (χ0) is 9.90. The molecule has 0 radical (unpaired) electrons. The Kier molecular flexibility index (Phi) is 5.13. The maximum Gasteiger partial charge on any atom is 0.134 e. The second kappa shape index (κ2) is 5.35. The van der Waals surface area contributed by atoms with E-state index in [1.54, 1.807) is 0 Å². The van der Waals surface area contributed by atoms with Crippen molar-refractivity contribution in [2.45, 2.75) is 26.4 Å². The third-order valence-corrected chi connectivity index (χ3v) is 2.46. The molecule has 0 heterocycles. The molecule has 0 aliphatic heterocycles. The molecule has 0 amide bonds. The molecule has 1 rings (SSSR count). The lowest BCUT2D eigenvalue weighted by Crippen LogP contribution is -3.00. The molecular weight excluding hydrogens is 198 g/mol. The van der Waals surface area contributed by atoms with Gasteiger partial charge in [0.15, 0.2) is 0 Å². The molecule has 2 nitrogen and oxygen atoms in total. The van der Waals surface area contributed by atoms with Crippen LogP contribution in [-0.4, -0.2) is 22.9 Å². The molecule has 0 spiro atoms. The fourth-order valence-corrected chi connectivity index (χ4v) is 1.14. The van der Waals surface area contributed by atoms with Gasteiger partial charge < -0.3 is 12.4 Å². The van der Waals surface area contributed by atoms with Gasteiger partial charge in [-0.15, -0.1) is 0 Å². The third kappa shape index (κ3) is 3.66. The minimum absolute atomic E-state index is 0. The van der Waals surface area contributed by atoms with Crippen LogP contribution >= 0.6 is 0 Å². The molecule has 1 N–H and O–H groups in total. The fourth-order valence-electron chi connectivity index (χ4n) is 1.14. The number of nitrogens with zero attached hydrogens (tertiary/aromatic N) is 1. The molecule has 0 aromatic heterocycles. The molecule has 0 aliphatic carbocycles. The summed E-state index contributed by atoms with van der Waals surface area (Å²) in [7, 11) is 1.83. The van der Waals surface area contributed by atoms with E-state index in [4.69, 9.17) is 0 Å². The van der Waals surface area contributed by atoms with Gasteiger partial charge in [0.05, 0.1) is 7.05 Å². The lowest BCUT2D eigenvalue weighted by Gasteiger charge is -2.29. The molecular formula is C11H18ClNO. The molecule has 0 saturated heterocycles. The van der Waals surface area contributed by atoms with Crippen LogP contribution in [0.5, 0.6) is 0 Å². The monoisotopic (exact) mass is 215 g/mol. The second-order valence-electron chi connectivity index (χ2n) is 3.95. The van der Waals surface area contributed by atoms with Crippen molar-refractivity contribution < 1.29 is 22.3 Å². The Morgan fingerprint density at radius 2 is 1.71 bits per heavy atom. The van der Waals surface area contributed by atoms with Gasteiger partial charge in [0, 0.05) is 5.56 Å². The first-order valence-corrected chi connectivity index (χ1v) is 4.64. The van der Waals surface area contributed by atoms with E-state index < -0.39 is 0 Å². The summed E-state index contributed by atoms with van der Waals surface area (Å²) in [6, 6.07) is 10.3. The minimum Gasteiger partial charge on any atom is -1.00 e. The van der Waals surface area contributed by atoms with Gasteiger partial charge in [0.2, 0.25) is 0 Å². The van der Waals surface area contributed by atoms with Crippen LogP contribution in [0.2, 0.25) is 0 Å². The van der Waals surface area contributed by atoms with E-state index in [9.17, 15) is 5.21 Å². The van der Waals surface area contributed by atoms with E-state index in [1.807, 2.05) is 51.2 Å². The lowest BCUT2D eigenvalue weighted by atomic mass is 10.2. The molecule has 80 valence electrons. The molecule has 1 atom stereocenters. The van der Waals surface area contributed by atoms with Gasteiger partial charge in [-0.3, -0.25) is 0 Å². The Morgan fingerprint density at radius 3 is 2.14 bits per heavy atom. The SMILES string of the molecule is CC(C)[N+](C)(O)Cc1ccccc1.[Cl-]. The van der Waals surface area contributed by atoms with Crippen LogP contribution in [0.4, 0.5) is 0 Å². The van der Waals surface area contributed by atoms with Gasteiger partial charge in [0.25, 0.3) is 0 Å². The smallest absolute Gasteiger partial charge is 0.134 e. The Labute approximate surface area is 92.1 Å². The number of halogens is 1. The van der Waals surface area contributed by atoms with E-state index in [2.05, 4.69) is 0 Å². The molecule has 1 aromatic carbocycles. The summed E-state index contributed by atoms with van der Waals surface area (Å²) in [4.78, 5) is 0. The Balaban J connectivity index is 0.00000169. The van der Waals surface area contributed by atoms with Gasteiger partial charge in [-0.1, -0.05) is 30.3 Å². The third-order valence-electron chi connectivity index (χ3n) is 2.46. The predicted molar refractivity (Wildman–Crippen MR) is 53.3 cm³/mol. The summed E-state index contributed by atoms with van der Waals surface area (Å²) in [6.45, 7) is 4.70. The molecule has 3 heteroatoms. The maximum absolute atomic E-state index is 9.98. The predicted octanol–water partition coefficient (Wildman–Crippen LogP) is -0.565. The summed E-state index contributed by atoms with van der Waals surface area (Å²) < 4.78 is 0.0456. The van der Waals surface area contributed by atoms with Crippen molar-refractivity contribution in [2.75, 3.05) is 7.05 Å². The van der Waals surface area contributed by atoms with Gasteiger partial charge in [-0.25, -0.2) is 5.21 Å². The Hall–Kier alpha value is -0.570. The molecule has 1 aromatic rings. The van der Waals surface area contributed by atoms with Crippen LogP contribution in [0.3, 0.4) is 0 Å². The highest BCUT2D eigenvalue weighted by atomic mass is 35.5. The van der Waals surface area contributed by atoms with Crippen LogP contribution in [0.1, 0.15) is 19.4 Å². The van der Waals surface area contributed by atoms with Crippen LogP contribution in [0, 0.1) is 0 Å². The quantitative estimate of drug-likeness (QED) is 0.529. The molecule has 0 saturated carbocycles. The minimum atomic E-state index is 0. The number of benzene rings is 1. The second-order valence-corrected chi connectivity index (χ2v) is 3.95. The Morgan fingerprint density at radius 1 is 1.21 bits per heavy atom. The standard InChI is InChI=1S/C11H18NO.ClH/c1-10(2)12(3,13)9-11-7-5-4-6-8-11;/h4-8,10,13H,9H2,1-3H3;1H/q+1;/p-1. The van der Waals surface area contributed by atoms with Gasteiger partial charge in [0.1, 0.15) is 12.6 Å². The topological polar surface area (TPSA) is 20.2 Å². The maximum atomic E-state index is 9.98. The number of hydrogen-bond donors (Lipinski definition) is 1. The average Bonchev–Trinajstić information content (AvgIpc) is 2.05. The zero-order valence-electron chi connectivity index (χ0n) is 8.94. The number of quaternary nitrogens is 1.